The number of hydrogen-bond donors (Lipinski definition) is 1. The molecule has 2 saturated heterocycles. The lowest BCUT2D eigenvalue weighted by Crippen LogP contribution is -2.44. The van der Waals surface area contributed by atoms with Crippen LogP contribution in [-0.4, -0.2) is 38.3 Å². The van der Waals surface area contributed by atoms with E-state index >= 15 is 0 Å². The topological polar surface area (TPSA) is 41.6 Å². The highest BCUT2D eigenvalue weighted by molar-refractivity contribution is 6.30. The molecule has 1 aromatic rings. The van der Waals surface area contributed by atoms with Crippen molar-refractivity contribution in [2.75, 3.05) is 31.2 Å². The van der Waals surface area contributed by atoms with E-state index in [-0.39, 0.29) is 11.9 Å². The van der Waals surface area contributed by atoms with Gasteiger partial charge in [-0.1, -0.05) is 11.6 Å². The van der Waals surface area contributed by atoms with Gasteiger partial charge < -0.3 is 15.0 Å². The lowest BCUT2D eigenvalue weighted by molar-refractivity contribution is -0.122. The van der Waals surface area contributed by atoms with Crippen LogP contribution in [0.25, 0.3) is 0 Å². The summed E-state index contributed by atoms with van der Waals surface area (Å²) >= 11 is 5.95. The fourth-order valence-corrected chi connectivity index (χ4v) is 3.66. The Bertz CT molecular complexity index is 514. The minimum Gasteiger partial charge on any atom is -0.381 e. The molecule has 0 radical (unpaired) electrons. The van der Waals surface area contributed by atoms with Crippen molar-refractivity contribution in [3.05, 3.63) is 29.3 Å². The van der Waals surface area contributed by atoms with Crippen molar-refractivity contribution in [3.63, 3.8) is 0 Å². The lowest BCUT2D eigenvalue weighted by atomic mass is 9.96. The number of ether oxygens (including phenoxy) is 1. The highest BCUT2D eigenvalue weighted by Gasteiger charge is 2.30. The molecule has 0 saturated carbocycles. The van der Waals surface area contributed by atoms with Crippen LogP contribution in [0.3, 0.4) is 0 Å². The summed E-state index contributed by atoms with van der Waals surface area (Å²) in [5.74, 6) is 0.851. The molecule has 2 aliphatic rings. The van der Waals surface area contributed by atoms with Crippen molar-refractivity contribution in [1.29, 1.82) is 0 Å². The Balaban J connectivity index is 1.50. The first-order valence-corrected chi connectivity index (χ1v) is 8.99. The summed E-state index contributed by atoms with van der Waals surface area (Å²) in [6, 6.07) is 7.71. The first kappa shape index (κ1) is 16.6. The normalized spacial score (nSPS) is 22.3. The monoisotopic (exact) mass is 336 g/mol. The Morgan fingerprint density at radius 2 is 1.96 bits per heavy atom. The van der Waals surface area contributed by atoms with Gasteiger partial charge in [-0.3, -0.25) is 4.79 Å². The first-order chi connectivity index (χ1) is 11.2. The zero-order chi connectivity index (χ0) is 16.1. The van der Waals surface area contributed by atoms with Crippen molar-refractivity contribution in [2.45, 2.75) is 38.1 Å². The number of benzene rings is 1. The molecule has 5 heteroatoms. The van der Waals surface area contributed by atoms with Gasteiger partial charge in [0.15, 0.2) is 0 Å². The van der Waals surface area contributed by atoms with E-state index in [1.54, 1.807) is 0 Å². The molecule has 1 N–H and O–H groups in total. The Kier molecular flexibility index (Phi) is 5.79. The summed E-state index contributed by atoms with van der Waals surface area (Å²) < 4.78 is 5.38. The van der Waals surface area contributed by atoms with Crippen LogP contribution in [-0.2, 0) is 9.53 Å². The van der Waals surface area contributed by atoms with Crippen LogP contribution in [0.1, 0.15) is 32.1 Å². The fraction of sp³-hybridized carbons (Fsp3) is 0.611. The standard InChI is InChI=1S/C18H25ClN2O2/c19-15-3-5-16(6-4-15)21-11-1-2-17(21)18(22)20-10-7-14-8-12-23-13-9-14/h3-6,14,17H,1-2,7-13H2,(H,20,22)/t17-/m0/s1. The van der Waals surface area contributed by atoms with E-state index in [4.69, 9.17) is 16.3 Å². The molecule has 0 aromatic heterocycles. The van der Waals surface area contributed by atoms with Gasteiger partial charge in [-0.05, 0) is 62.3 Å². The van der Waals surface area contributed by atoms with E-state index in [9.17, 15) is 4.79 Å². The van der Waals surface area contributed by atoms with Crippen LogP contribution < -0.4 is 10.2 Å². The second kappa shape index (κ2) is 8.02. The van der Waals surface area contributed by atoms with Gasteiger partial charge in [0.1, 0.15) is 6.04 Å². The van der Waals surface area contributed by atoms with Gasteiger partial charge in [0.05, 0.1) is 0 Å². The molecule has 0 bridgehead atoms. The van der Waals surface area contributed by atoms with E-state index in [0.29, 0.717) is 5.92 Å². The number of nitrogens with one attached hydrogen (secondary N) is 1. The van der Waals surface area contributed by atoms with Gasteiger partial charge in [0.25, 0.3) is 0 Å². The second-order valence-corrected chi connectivity index (χ2v) is 6.90. The Morgan fingerprint density at radius 1 is 1.22 bits per heavy atom. The molecule has 1 amide bonds. The quantitative estimate of drug-likeness (QED) is 0.897. The summed E-state index contributed by atoms with van der Waals surface area (Å²) in [5.41, 5.74) is 1.08. The maximum atomic E-state index is 12.5. The Labute approximate surface area is 143 Å². The van der Waals surface area contributed by atoms with Crippen LogP contribution in [0.4, 0.5) is 5.69 Å². The molecule has 126 valence electrons. The van der Waals surface area contributed by atoms with Crippen molar-refractivity contribution < 1.29 is 9.53 Å². The molecule has 3 rings (SSSR count). The van der Waals surface area contributed by atoms with Crippen LogP contribution >= 0.6 is 11.6 Å². The molecule has 23 heavy (non-hydrogen) atoms. The minimum absolute atomic E-state index is 0.0501. The molecule has 2 fully saturated rings. The molecular weight excluding hydrogens is 312 g/mol. The lowest BCUT2D eigenvalue weighted by Gasteiger charge is -2.27. The van der Waals surface area contributed by atoms with Crippen LogP contribution in [0.15, 0.2) is 24.3 Å². The fourth-order valence-electron chi connectivity index (χ4n) is 3.53. The van der Waals surface area contributed by atoms with Gasteiger partial charge in [0, 0.05) is 37.0 Å². The van der Waals surface area contributed by atoms with E-state index in [2.05, 4.69) is 10.2 Å². The van der Waals surface area contributed by atoms with Crippen LogP contribution in [0.5, 0.6) is 0 Å². The number of rotatable bonds is 5. The second-order valence-electron chi connectivity index (χ2n) is 6.46. The number of anilines is 1. The number of nitrogens with zero attached hydrogens (tertiary/aromatic N) is 1. The zero-order valence-electron chi connectivity index (χ0n) is 13.5. The van der Waals surface area contributed by atoms with Crippen molar-refractivity contribution in [3.8, 4) is 0 Å². The predicted molar refractivity (Wildman–Crippen MR) is 93.0 cm³/mol. The molecule has 2 aliphatic heterocycles. The number of amides is 1. The molecule has 1 atom stereocenters. The van der Waals surface area contributed by atoms with E-state index in [1.165, 1.54) is 0 Å². The molecule has 0 spiro atoms. The smallest absolute Gasteiger partial charge is 0.242 e. The molecule has 0 aliphatic carbocycles. The highest BCUT2D eigenvalue weighted by atomic mass is 35.5. The third-order valence-corrected chi connectivity index (χ3v) is 5.16. The minimum atomic E-state index is -0.0501. The van der Waals surface area contributed by atoms with Crippen molar-refractivity contribution in [2.24, 2.45) is 5.92 Å². The Morgan fingerprint density at radius 3 is 2.70 bits per heavy atom. The SMILES string of the molecule is O=C(NCCC1CCOCC1)[C@@H]1CCCN1c1ccc(Cl)cc1. The molecule has 4 nitrogen and oxygen atoms in total. The van der Waals surface area contributed by atoms with Crippen molar-refractivity contribution >= 4 is 23.2 Å². The summed E-state index contributed by atoms with van der Waals surface area (Å²) in [7, 11) is 0. The third kappa shape index (κ3) is 4.39. The van der Waals surface area contributed by atoms with Crippen molar-refractivity contribution in [1.82, 2.24) is 5.32 Å². The largest absolute Gasteiger partial charge is 0.381 e. The molecular formula is C18H25ClN2O2. The highest BCUT2D eigenvalue weighted by Crippen LogP contribution is 2.27. The van der Waals surface area contributed by atoms with Crippen LogP contribution in [0.2, 0.25) is 5.02 Å². The summed E-state index contributed by atoms with van der Waals surface area (Å²) in [4.78, 5) is 14.7. The van der Waals surface area contributed by atoms with E-state index < -0.39 is 0 Å². The average molecular weight is 337 g/mol. The summed E-state index contributed by atoms with van der Waals surface area (Å²) in [6.45, 7) is 3.44. The zero-order valence-corrected chi connectivity index (χ0v) is 14.2. The Hall–Kier alpha value is -1.26. The number of hydrogen-bond acceptors (Lipinski definition) is 3. The van der Waals surface area contributed by atoms with Crippen LogP contribution in [0, 0.1) is 5.92 Å². The van der Waals surface area contributed by atoms with E-state index in [1.807, 2.05) is 24.3 Å². The number of carbonyl (C=O) groups excluding carboxylic acids is 1. The number of halogens is 1. The van der Waals surface area contributed by atoms with Gasteiger partial charge in [-0.15, -0.1) is 0 Å². The molecule has 0 unspecified atom stereocenters. The van der Waals surface area contributed by atoms with Gasteiger partial charge in [-0.2, -0.15) is 0 Å². The average Bonchev–Trinajstić information content (AvgIpc) is 3.06. The third-order valence-electron chi connectivity index (χ3n) is 4.91. The summed E-state index contributed by atoms with van der Waals surface area (Å²) in [6.07, 6.45) is 5.28. The first-order valence-electron chi connectivity index (χ1n) is 8.62. The summed E-state index contributed by atoms with van der Waals surface area (Å²) in [5, 5.41) is 3.86. The molecule has 1 aromatic carbocycles. The van der Waals surface area contributed by atoms with Gasteiger partial charge >= 0.3 is 0 Å². The maximum Gasteiger partial charge on any atom is 0.242 e. The van der Waals surface area contributed by atoms with E-state index in [0.717, 1.165) is 69.1 Å². The maximum absolute atomic E-state index is 12.5. The van der Waals surface area contributed by atoms with Gasteiger partial charge in [0.2, 0.25) is 5.91 Å². The predicted octanol–water partition coefficient (Wildman–Crippen LogP) is 3.24. The number of carbonyl (C=O) groups is 1. The van der Waals surface area contributed by atoms with Gasteiger partial charge in [-0.25, -0.2) is 0 Å². The molecule has 2 heterocycles.